The summed E-state index contributed by atoms with van der Waals surface area (Å²) in [5.41, 5.74) is 8.47. The zero-order valence-corrected chi connectivity index (χ0v) is 8.64. The number of allylic oxidation sites excluding steroid dienone is 4. The Labute approximate surface area is 92.1 Å². The van der Waals surface area contributed by atoms with Crippen molar-refractivity contribution in [3.8, 4) is 0 Å². The molecule has 0 atom stereocenters. The molecular formula is C11H11N5. The average molecular weight is 213 g/mol. The van der Waals surface area contributed by atoms with E-state index in [2.05, 4.69) is 38.4 Å². The lowest BCUT2D eigenvalue weighted by Gasteiger charge is -2.05. The van der Waals surface area contributed by atoms with Gasteiger partial charge in [0.05, 0.1) is 11.1 Å². The third-order valence-electron chi connectivity index (χ3n) is 2.66. The number of nitrogens with one attached hydrogen (secondary N) is 1. The number of nitrogen functional groups attached to an aromatic ring is 1. The molecule has 5 nitrogen and oxygen atoms in total. The van der Waals surface area contributed by atoms with E-state index in [-0.39, 0.29) is 0 Å². The molecule has 1 aliphatic rings. The quantitative estimate of drug-likeness (QED) is 0.755. The summed E-state index contributed by atoms with van der Waals surface area (Å²) in [5, 5.41) is 7.90. The van der Waals surface area contributed by atoms with Crippen LogP contribution in [-0.4, -0.2) is 20.2 Å². The Kier molecular flexibility index (Phi) is 1.96. The van der Waals surface area contributed by atoms with Crippen LogP contribution in [0.15, 0.2) is 24.6 Å². The van der Waals surface area contributed by atoms with Crippen LogP contribution in [0.25, 0.3) is 16.6 Å². The minimum atomic E-state index is 0.466. The summed E-state index contributed by atoms with van der Waals surface area (Å²) in [4.78, 5) is 8.06. The molecule has 16 heavy (non-hydrogen) atoms. The first-order valence-electron chi connectivity index (χ1n) is 5.18. The maximum atomic E-state index is 5.85. The molecule has 0 fully saturated rings. The predicted octanol–water partition coefficient (Wildman–Crippen LogP) is 1.67. The number of nitrogens with two attached hydrogens (primary N) is 1. The number of fused-ring (bicyclic) bond motifs is 1. The van der Waals surface area contributed by atoms with Gasteiger partial charge in [-0.3, -0.25) is 5.10 Å². The first kappa shape index (κ1) is 9.08. The van der Waals surface area contributed by atoms with Gasteiger partial charge in [0, 0.05) is 0 Å². The van der Waals surface area contributed by atoms with Gasteiger partial charge < -0.3 is 5.73 Å². The van der Waals surface area contributed by atoms with Crippen LogP contribution in [-0.2, 0) is 0 Å². The van der Waals surface area contributed by atoms with Crippen LogP contribution in [0, 0.1) is 0 Å². The van der Waals surface area contributed by atoms with Gasteiger partial charge in [-0.25, -0.2) is 9.97 Å². The Balaban J connectivity index is 2.24. The largest absolute Gasteiger partial charge is 0.383 e. The van der Waals surface area contributed by atoms with E-state index in [1.165, 1.54) is 6.33 Å². The smallest absolute Gasteiger partial charge is 0.186 e. The Morgan fingerprint density at radius 3 is 3.00 bits per heavy atom. The van der Waals surface area contributed by atoms with Gasteiger partial charge in [0.1, 0.15) is 12.1 Å². The summed E-state index contributed by atoms with van der Waals surface area (Å²) < 4.78 is 0. The normalized spacial score (nSPS) is 15.4. The van der Waals surface area contributed by atoms with Crippen molar-refractivity contribution >= 4 is 22.4 Å². The molecule has 3 rings (SSSR count). The number of H-pyrrole nitrogens is 1. The highest BCUT2D eigenvalue weighted by molar-refractivity contribution is 5.97. The van der Waals surface area contributed by atoms with Crippen LogP contribution in [0.3, 0.4) is 0 Å². The second-order valence-electron chi connectivity index (χ2n) is 3.70. The average Bonchev–Trinajstić information content (AvgIpc) is 2.75. The molecule has 0 aliphatic heterocycles. The van der Waals surface area contributed by atoms with Crippen LogP contribution in [0.5, 0.6) is 0 Å². The topological polar surface area (TPSA) is 80.5 Å². The molecule has 3 N–H and O–H groups in total. The molecule has 0 saturated carbocycles. The van der Waals surface area contributed by atoms with Crippen LogP contribution < -0.4 is 5.73 Å². The van der Waals surface area contributed by atoms with Crippen molar-refractivity contribution in [1.29, 1.82) is 0 Å². The van der Waals surface area contributed by atoms with Crippen molar-refractivity contribution in [2.45, 2.75) is 12.8 Å². The first-order valence-corrected chi connectivity index (χ1v) is 5.18. The Bertz CT molecular complexity index is 593. The third kappa shape index (κ3) is 1.29. The van der Waals surface area contributed by atoms with Gasteiger partial charge in [0.15, 0.2) is 5.65 Å². The zero-order chi connectivity index (χ0) is 11.0. The minimum absolute atomic E-state index is 0.466. The summed E-state index contributed by atoms with van der Waals surface area (Å²) in [6.07, 6.45) is 9.93. The van der Waals surface area contributed by atoms with Crippen LogP contribution >= 0.6 is 0 Å². The molecule has 0 bridgehead atoms. The van der Waals surface area contributed by atoms with E-state index < -0.39 is 0 Å². The van der Waals surface area contributed by atoms with Gasteiger partial charge in [-0.1, -0.05) is 18.2 Å². The van der Waals surface area contributed by atoms with E-state index in [0.29, 0.717) is 11.5 Å². The fourth-order valence-corrected chi connectivity index (χ4v) is 1.89. The Hall–Kier alpha value is -2.17. The van der Waals surface area contributed by atoms with Gasteiger partial charge in [0.2, 0.25) is 0 Å². The maximum Gasteiger partial charge on any atom is 0.186 e. The summed E-state index contributed by atoms with van der Waals surface area (Å²) >= 11 is 0. The fraction of sp³-hybridized carbons (Fsp3) is 0.182. The molecule has 1 aliphatic carbocycles. The second-order valence-corrected chi connectivity index (χ2v) is 3.70. The minimum Gasteiger partial charge on any atom is -0.383 e. The number of nitrogens with zero attached hydrogens (tertiary/aromatic N) is 3. The SMILES string of the molecule is Nc1ncnc2n[nH]c(C3=CCCC=C3)c12. The van der Waals surface area contributed by atoms with Crippen molar-refractivity contribution in [3.63, 3.8) is 0 Å². The van der Waals surface area contributed by atoms with Crippen LogP contribution in [0.4, 0.5) is 5.82 Å². The Morgan fingerprint density at radius 2 is 2.19 bits per heavy atom. The summed E-state index contributed by atoms with van der Waals surface area (Å²) in [6, 6.07) is 0. The van der Waals surface area contributed by atoms with Gasteiger partial charge in [0.25, 0.3) is 0 Å². The molecule has 0 aromatic carbocycles. The highest BCUT2D eigenvalue weighted by Crippen LogP contribution is 2.27. The third-order valence-corrected chi connectivity index (χ3v) is 2.66. The maximum absolute atomic E-state index is 5.85. The number of anilines is 1. The van der Waals surface area contributed by atoms with E-state index >= 15 is 0 Å². The highest BCUT2D eigenvalue weighted by atomic mass is 15.2. The van der Waals surface area contributed by atoms with Crippen LogP contribution in [0.1, 0.15) is 18.5 Å². The molecular weight excluding hydrogens is 202 g/mol. The second kappa shape index (κ2) is 3.44. The Morgan fingerprint density at radius 1 is 1.25 bits per heavy atom. The molecule has 2 aromatic heterocycles. The zero-order valence-electron chi connectivity index (χ0n) is 8.64. The van der Waals surface area contributed by atoms with Gasteiger partial charge in [-0.15, -0.1) is 0 Å². The monoisotopic (exact) mass is 213 g/mol. The fourth-order valence-electron chi connectivity index (χ4n) is 1.89. The number of rotatable bonds is 1. The van der Waals surface area contributed by atoms with Crippen molar-refractivity contribution < 1.29 is 0 Å². The van der Waals surface area contributed by atoms with Gasteiger partial charge >= 0.3 is 0 Å². The van der Waals surface area contributed by atoms with E-state index in [1.807, 2.05) is 0 Å². The van der Waals surface area contributed by atoms with Crippen molar-refractivity contribution in [2.24, 2.45) is 0 Å². The van der Waals surface area contributed by atoms with Gasteiger partial charge in [-0.2, -0.15) is 5.10 Å². The molecule has 80 valence electrons. The molecule has 2 aromatic rings. The standard InChI is InChI=1S/C11H11N5/c12-10-8-9(7-4-2-1-3-5-7)15-16-11(8)14-6-13-10/h2,4-6H,1,3H2,(H3,12,13,14,15,16). The van der Waals surface area contributed by atoms with E-state index in [4.69, 9.17) is 5.73 Å². The summed E-state index contributed by atoms with van der Waals surface area (Å²) in [6.45, 7) is 0. The molecule has 5 heteroatoms. The molecule has 0 radical (unpaired) electrons. The molecule has 2 heterocycles. The van der Waals surface area contributed by atoms with Crippen LogP contribution in [0.2, 0.25) is 0 Å². The lowest BCUT2D eigenvalue weighted by atomic mass is 10.0. The lowest BCUT2D eigenvalue weighted by Crippen LogP contribution is -1.94. The van der Waals surface area contributed by atoms with Gasteiger partial charge in [-0.05, 0) is 18.4 Å². The van der Waals surface area contributed by atoms with Crippen molar-refractivity contribution in [3.05, 3.63) is 30.2 Å². The van der Waals surface area contributed by atoms with Crippen molar-refractivity contribution in [1.82, 2.24) is 20.2 Å². The number of hydrogen-bond donors (Lipinski definition) is 2. The summed E-state index contributed by atoms with van der Waals surface area (Å²) in [7, 11) is 0. The molecule has 0 amide bonds. The van der Waals surface area contributed by atoms with Crippen molar-refractivity contribution in [2.75, 3.05) is 5.73 Å². The summed E-state index contributed by atoms with van der Waals surface area (Å²) in [5.74, 6) is 0.466. The van der Waals surface area contributed by atoms with E-state index in [9.17, 15) is 0 Å². The number of aromatic nitrogens is 4. The number of aromatic amines is 1. The number of hydrogen-bond acceptors (Lipinski definition) is 4. The predicted molar refractivity (Wildman–Crippen MR) is 62.4 cm³/mol. The van der Waals surface area contributed by atoms with E-state index in [1.54, 1.807) is 0 Å². The first-order chi connectivity index (χ1) is 7.86. The molecule has 0 spiro atoms. The molecule has 0 unspecified atom stereocenters. The lowest BCUT2D eigenvalue weighted by molar-refractivity contribution is 1.03. The van der Waals surface area contributed by atoms with E-state index in [0.717, 1.165) is 29.5 Å². The molecule has 0 saturated heterocycles. The highest BCUT2D eigenvalue weighted by Gasteiger charge is 2.13.